The van der Waals surface area contributed by atoms with Crippen LogP contribution in [0.25, 0.3) is 0 Å². The maximum Gasteiger partial charge on any atom is 0.315 e. The molecular formula is C21H27N5O3S. The van der Waals surface area contributed by atoms with Crippen LogP contribution >= 0.6 is 12.1 Å². The van der Waals surface area contributed by atoms with Crippen LogP contribution in [0.1, 0.15) is 25.0 Å². The number of nitrogens with zero attached hydrogens (tertiary/aromatic N) is 1. The summed E-state index contributed by atoms with van der Waals surface area (Å²) in [6.07, 6.45) is 0. The standard InChI is InChI=1S/C21H27N5O3S/c1-21(2,12-24-20(27)23-11-14-7-9-15(28-3)10-8-14)13-29-17-6-4-5-16-18(17)19(22)26-30-25-16/h4-10,25H,11-13H2,1-3H3,(H2,22,26)(H2,23,24,27). The van der Waals surface area contributed by atoms with Crippen LogP contribution in [0.2, 0.25) is 0 Å². The van der Waals surface area contributed by atoms with Crippen LogP contribution in [0, 0.1) is 5.41 Å². The number of anilines is 1. The molecule has 1 aliphatic rings. The van der Waals surface area contributed by atoms with E-state index in [-0.39, 0.29) is 11.4 Å². The molecule has 0 saturated carbocycles. The van der Waals surface area contributed by atoms with Gasteiger partial charge >= 0.3 is 6.03 Å². The average Bonchev–Trinajstić information content (AvgIpc) is 2.75. The van der Waals surface area contributed by atoms with Gasteiger partial charge in [-0.2, -0.15) is 4.40 Å². The molecule has 1 aliphatic heterocycles. The monoisotopic (exact) mass is 429 g/mol. The largest absolute Gasteiger partial charge is 0.497 e. The third kappa shape index (κ3) is 5.73. The highest BCUT2D eigenvalue weighted by Crippen LogP contribution is 2.33. The van der Waals surface area contributed by atoms with Gasteiger partial charge in [0.25, 0.3) is 0 Å². The summed E-state index contributed by atoms with van der Waals surface area (Å²) in [5.41, 5.74) is 8.36. The predicted molar refractivity (Wildman–Crippen MR) is 121 cm³/mol. The Balaban J connectivity index is 1.47. The van der Waals surface area contributed by atoms with Crippen molar-refractivity contribution in [1.82, 2.24) is 10.6 Å². The van der Waals surface area contributed by atoms with Crippen molar-refractivity contribution in [3.63, 3.8) is 0 Å². The van der Waals surface area contributed by atoms with Gasteiger partial charge in [0.15, 0.2) is 0 Å². The fourth-order valence-corrected chi connectivity index (χ4v) is 3.30. The summed E-state index contributed by atoms with van der Waals surface area (Å²) < 4.78 is 18.4. The van der Waals surface area contributed by atoms with E-state index in [1.165, 1.54) is 12.1 Å². The van der Waals surface area contributed by atoms with Crippen molar-refractivity contribution in [1.29, 1.82) is 0 Å². The van der Waals surface area contributed by atoms with Crippen molar-refractivity contribution in [3.8, 4) is 11.5 Å². The topological polar surface area (TPSA) is 110 Å². The van der Waals surface area contributed by atoms with E-state index in [4.69, 9.17) is 15.2 Å². The molecule has 0 spiro atoms. The number of nitrogens with two attached hydrogens (primary N) is 1. The minimum atomic E-state index is -0.289. The van der Waals surface area contributed by atoms with E-state index in [2.05, 4.69) is 19.8 Å². The van der Waals surface area contributed by atoms with Crippen molar-refractivity contribution >= 4 is 29.7 Å². The fourth-order valence-electron chi connectivity index (χ4n) is 2.80. The zero-order chi connectivity index (χ0) is 21.6. The number of carbonyl (C=O) groups is 1. The molecule has 30 heavy (non-hydrogen) atoms. The highest BCUT2D eigenvalue weighted by atomic mass is 32.2. The second-order valence-corrected chi connectivity index (χ2v) is 8.26. The first-order chi connectivity index (χ1) is 14.4. The number of hydrogen-bond donors (Lipinski definition) is 4. The molecule has 160 valence electrons. The molecule has 0 saturated heterocycles. The number of carbonyl (C=O) groups excluding carboxylic acids is 1. The molecule has 9 heteroatoms. The summed E-state index contributed by atoms with van der Waals surface area (Å²) in [7, 11) is 1.62. The van der Waals surface area contributed by atoms with Gasteiger partial charge in [0.1, 0.15) is 17.3 Å². The van der Waals surface area contributed by atoms with Crippen LogP contribution in [0.4, 0.5) is 10.5 Å². The summed E-state index contributed by atoms with van der Waals surface area (Å²) in [4.78, 5) is 12.2. The van der Waals surface area contributed by atoms with Crippen LogP contribution in [0.3, 0.4) is 0 Å². The number of methoxy groups -OCH3 is 1. The number of amidine groups is 1. The predicted octanol–water partition coefficient (Wildman–Crippen LogP) is 3.29. The van der Waals surface area contributed by atoms with Gasteiger partial charge in [-0.15, -0.1) is 0 Å². The third-order valence-corrected chi connectivity index (χ3v) is 5.14. The van der Waals surface area contributed by atoms with E-state index >= 15 is 0 Å². The number of urea groups is 1. The van der Waals surface area contributed by atoms with Gasteiger partial charge in [0.05, 0.1) is 37.1 Å². The number of benzene rings is 2. The number of amides is 2. The molecule has 1 heterocycles. The first-order valence-electron chi connectivity index (χ1n) is 9.54. The minimum absolute atomic E-state index is 0.228. The Bertz CT molecular complexity index is 915. The lowest BCUT2D eigenvalue weighted by atomic mass is 9.95. The van der Waals surface area contributed by atoms with Crippen molar-refractivity contribution < 1.29 is 14.3 Å². The van der Waals surface area contributed by atoms with Gasteiger partial charge in [0, 0.05) is 18.5 Å². The quantitative estimate of drug-likeness (QED) is 0.479. The maximum absolute atomic E-state index is 12.2. The van der Waals surface area contributed by atoms with E-state index in [1.54, 1.807) is 7.11 Å². The number of hydrogen-bond acceptors (Lipinski definition) is 7. The van der Waals surface area contributed by atoms with E-state index in [0.29, 0.717) is 31.3 Å². The Kier molecular flexibility index (Phi) is 6.94. The highest BCUT2D eigenvalue weighted by molar-refractivity contribution is 7.99. The van der Waals surface area contributed by atoms with E-state index < -0.39 is 0 Å². The van der Waals surface area contributed by atoms with Gasteiger partial charge < -0.3 is 30.6 Å². The molecule has 8 nitrogen and oxygen atoms in total. The molecule has 0 atom stereocenters. The van der Waals surface area contributed by atoms with E-state index in [9.17, 15) is 4.79 Å². The average molecular weight is 430 g/mol. The number of rotatable bonds is 8. The third-order valence-electron chi connectivity index (χ3n) is 4.54. The number of ether oxygens (including phenoxy) is 2. The summed E-state index contributed by atoms with van der Waals surface area (Å²) in [5.74, 6) is 1.88. The Labute approximate surface area is 180 Å². The van der Waals surface area contributed by atoms with Crippen molar-refractivity contribution in [3.05, 3.63) is 53.6 Å². The molecule has 0 radical (unpaired) electrons. The summed E-state index contributed by atoms with van der Waals surface area (Å²) >= 11 is 1.19. The first kappa shape index (κ1) is 21.6. The Morgan fingerprint density at radius 2 is 1.97 bits per heavy atom. The molecular weight excluding hydrogens is 402 g/mol. The minimum Gasteiger partial charge on any atom is -0.497 e. The van der Waals surface area contributed by atoms with Gasteiger partial charge in [-0.05, 0) is 29.8 Å². The smallest absolute Gasteiger partial charge is 0.315 e. The molecule has 0 aromatic heterocycles. The zero-order valence-corrected chi connectivity index (χ0v) is 18.1. The molecule has 0 unspecified atom stereocenters. The maximum atomic E-state index is 12.2. The summed E-state index contributed by atoms with van der Waals surface area (Å²) in [6.45, 7) is 5.35. The molecule has 2 amide bonds. The summed E-state index contributed by atoms with van der Waals surface area (Å²) in [6, 6.07) is 13.0. The van der Waals surface area contributed by atoms with E-state index in [1.807, 2.05) is 56.3 Å². The van der Waals surface area contributed by atoms with Crippen molar-refractivity contribution in [2.24, 2.45) is 15.5 Å². The van der Waals surface area contributed by atoms with Gasteiger partial charge in [-0.1, -0.05) is 32.0 Å². The lowest BCUT2D eigenvalue weighted by Gasteiger charge is -2.26. The number of fused-ring (bicyclic) bond motifs is 1. The van der Waals surface area contributed by atoms with Crippen LogP contribution in [0.5, 0.6) is 11.5 Å². The SMILES string of the molecule is COc1ccc(CNC(=O)NCC(C)(C)COc2cccc3c2C(N)=NSN3)cc1. The van der Waals surface area contributed by atoms with Gasteiger partial charge in [0.2, 0.25) is 0 Å². The highest BCUT2D eigenvalue weighted by Gasteiger charge is 2.23. The first-order valence-corrected chi connectivity index (χ1v) is 10.3. The molecule has 5 N–H and O–H groups in total. The molecule has 3 rings (SSSR count). The molecule has 0 fully saturated rings. The van der Waals surface area contributed by atoms with Gasteiger partial charge in [-0.25, -0.2) is 4.79 Å². The lowest BCUT2D eigenvalue weighted by Crippen LogP contribution is -2.42. The van der Waals surface area contributed by atoms with Crippen LogP contribution in [-0.4, -0.2) is 32.1 Å². The fraction of sp³-hybridized carbons (Fsp3) is 0.333. The Morgan fingerprint density at radius 1 is 1.20 bits per heavy atom. The second-order valence-electron chi connectivity index (χ2n) is 7.69. The lowest BCUT2D eigenvalue weighted by molar-refractivity contribution is 0.175. The normalized spacial score (nSPS) is 12.8. The van der Waals surface area contributed by atoms with Gasteiger partial charge in [-0.3, -0.25) is 0 Å². The van der Waals surface area contributed by atoms with Crippen molar-refractivity contribution in [2.45, 2.75) is 20.4 Å². The molecule has 0 bridgehead atoms. The molecule has 2 aromatic rings. The zero-order valence-electron chi connectivity index (χ0n) is 17.3. The second kappa shape index (κ2) is 9.62. The Morgan fingerprint density at radius 3 is 2.70 bits per heavy atom. The van der Waals surface area contributed by atoms with Crippen LogP contribution in [0.15, 0.2) is 46.9 Å². The molecule has 2 aromatic carbocycles. The van der Waals surface area contributed by atoms with Crippen molar-refractivity contribution in [2.75, 3.05) is 25.0 Å². The Hall–Kier alpha value is -3.07. The summed E-state index contributed by atoms with van der Waals surface area (Å²) in [5, 5.41) is 5.76. The number of nitrogens with one attached hydrogen (secondary N) is 3. The molecule has 0 aliphatic carbocycles. The van der Waals surface area contributed by atoms with E-state index in [0.717, 1.165) is 22.6 Å². The van der Waals surface area contributed by atoms with Crippen LogP contribution < -0.4 is 30.6 Å². The van der Waals surface area contributed by atoms with Crippen LogP contribution in [-0.2, 0) is 6.54 Å².